The van der Waals surface area contributed by atoms with Gasteiger partial charge in [0.15, 0.2) is 0 Å². The second-order valence-corrected chi connectivity index (χ2v) is 8.59. The van der Waals surface area contributed by atoms with Crippen LogP contribution in [0, 0.1) is 29.4 Å². The fourth-order valence-corrected chi connectivity index (χ4v) is 5.37. The van der Waals surface area contributed by atoms with Gasteiger partial charge in [0, 0.05) is 6.07 Å². The van der Waals surface area contributed by atoms with E-state index in [0.717, 1.165) is 42.2 Å². The highest BCUT2D eigenvalue weighted by atomic mass is 19.1. The number of hydrogen-bond acceptors (Lipinski definition) is 0. The largest absolute Gasteiger partial charge is 0.207 e. The summed E-state index contributed by atoms with van der Waals surface area (Å²) in [4.78, 5) is 0. The molecule has 2 heteroatoms. The van der Waals surface area contributed by atoms with Crippen molar-refractivity contribution in [2.75, 3.05) is 0 Å². The molecule has 0 aromatic heterocycles. The van der Waals surface area contributed by atoms with Gasteiger partial charge in [-0.05, 0) is 79.9 Å². The Bertz CT molecular complexity index is 503. The summed E-state index contributed by atoms with van der Waals surface area (Å²) >= 11 is 0. The summed E-state index contributed by atoms with van der Waals surface area (Å²) in [6.45, 7) is 2.28. The summed E-state index contributed by atoms with van der Waals surface area (Å²) in [5.41, 5.74) is 0.871. The van der Waals surface area contributed by atoms with Crippen LogP contribution in [-0.2, 0) is 0 Å². The van der Waals surface area contributed by atoms with Crippen molar-refractivity contribution in [3.8, 4) is 0 Å². The summed E-state index contributed by atoms with van der Waals surface area (Å²) in [5, 5.41) is 0. The standard InChI is InChI=1S/C23H34F2/c1-2-3-4-5-17-6-8-18(9-7-17)19-10-12-20(13-11-19)21-14-22(24)16-23(25)15-21/h14-20H,2-13H2,1H3/t17-,18-,19-,20-. The SMILES string of the molecule is CCCCC[C@H]1CC[C@H]([C@H]2CC[C@H](c3cc(F)cc(F)c3)CC2)CC1. The molecule has 2 fully saturated rings. The van der Waals surface area contributed by atoms with Crippen molar-refractivity contribution >= 4 is 0 Å². The lowest BCUT2D eigenvalue weighted by atomic mass is 9.68. The fraction of sp³-hybridized carbons (Fsp3) is 0.739. The third kappa shape index (κ3) is 5.28. The van der Waals surface area contributed by atoms with Gasteiger partial charge in [-0.15, -0.1) is 0 Å². The molecule has 0 bridgehead atoms. The van der Waals surface area contributed by atoms with E-state index in [2.05, 4.69) is 6.92 Å². The Morgan fingerprint density at radius 3 is 1.88 bits per heavy atom. The predicted octanol–water partition coefficient (Wildman–Crippen LogP) is 7.63. The third-order valence-corrected chi connectivity index (χ3v) is 6.90. The molecule has 2 aliphatic carbocycles. The highest BCUT2D eigenvalue weighted by Crippen LogP contribution is 2.44. The molecule has 0 aliphatic heterocycles. The van der Waals surface area contributed by atoms with Gasteiger partial charge in [0.25, 0.3) is 0 Å². The Morgan fingerprint density at radius 2 is 1.32 bits per heavy atom. The average molecular weight is 349 g/mol. The van der Waals surface area contributed by atoms with Gasteiger partial charge in [-0.25, -0.2) is 8.78 Å². The first-order valence-corrected chi connectivity index (χ1v) is 10.6. The molecule has 2 saturated carbocycles. The van der Waals surface area contributed by atoms with E-state index in [0.29, 0.717) is 5.92 Å². The summed E-state index contributed by atoms with van der Waals surface area (Å²) in [7, 11) is 0. The van der Waals surface area contributed by atoms with Crippen molar-refractivity contribution in [1.29, 1.82) is 0 Å². The van der Waals surface area contributed by atoms with Crippen LogP contribution in [0.2, 0.25) is 0 Å². The molecule has 0 spiro atoms. The molecule has 25 heavy (non-hydrogen) atoms. The molecule has 0 heterocycles. The van der Waals surface area contributed by atoms with Gasteiger partial charge in [-0.2, -0.15) is 0 Å². The molecule has 0 nitrogen and oxygen atoms in total. The second kappa shape index (κ2) is 9.14. The lowest BCUT2D eigenvalue weighted by molar-refractivity contribution is 0.155. The van der Waals surface area contributed by atoms with Crippen LogP contribution < -0.4 is 0 Å². The van der Waals surface area contributed by atoms with Crippen LogP contribution in [0.5, 0.6) is 0 Å². The minimum atomic E-state index is -0.432. The first-order chi connectivity index (χ1) is 12.2. The summed E-state index contributed by atoms with van der Waals surface area (Å²) in [5.74, 6) is 2.23. The van der Waals surface area contributed by atoms with Crippen LogP contribution in [-0.4, -0.2) is 0 Å². The highest BCUT2D eigenvalue weighted by Gasteiger charge is 2.31. The Kier molecular flexibility index (Phi) is 6.90. The second-order valence-electron chi connectivity index (χ2n) is 8.59. The van der Waals surface area contributed by atoms with Gasteiger partial charge < -0.3 is 0 Å². The monoisotopic (exact) mass is 348 g/mol. The molecule has 1 aromatic carbocycles. The van der Waals surface area contributed by atoms with Crippen LogP contribution in [0.1, 0.15) is 95.5 Å². The lowest BCUT2D eigenvalue weighted by Crippen LogP contribution is -2.25. The van der Waals surface area contributed by atoms with E-state index in [4.69, 9.17) is 0 Å². The Hall–Kier alpha value is -0.920. The molecule has 0 N–H and O–H groups in total. The highest BCUT2D eigenvalue weighted by molar-refractivity contribution is 5.22. The maximum atomic E-state index is 13.5. The molecule has 0 amide bonds. The molecule has 1 aromatic rings. The smallest absolute Gasteiger partial charge is 0.126 e. The Balaban J connectivity index is 1.44. The first kappa shape index (κ1) is 18.9. The topological polar surface area (TPSA) is 0 Å². The number of halogens is 2. The van der Waals surface area contributed by atoms with Crippen molar-refractivity contribution in [2.45, 2.75) is 89.9 Å². The third-order valence-electron chi connectivity index (χ3n) is 6.90. The van der Waals surface area contributed by atoms with Crippen LogP contribution in [0.25, 0.3) is 0 Å². The van der Waals surface area contributed by atoms with Gasteiger partial charge >= 0.3 is 0 Å². The van der Waals surface area contributed by atoms with Gasteiger partial charge in [0.1, 0.15) is 11.6 Å². The zero-order chi connectivity index (χ0) is 17.6. The van der Waals surface area contributed by atoms with E-state index < -0.39 is 11.6 Å². The predicted molar refractivity (Wildman–Crippen MR) is 101 cm³/mol. The van der Waals surface area contributed by atoms with Gasteiger partial charge in [0.05, 0.1) is 0 Å². The fourth-order valence-electron chi connectivity index (χ4n) is 5.37. The van der Waals surface area contributed by atoms with Crippen molar-refractivity contribution in [2.24, 2.45) is 17.8 Å². The molecule has 2 aliphatic rings. The van der Waals surface area contributed by atoms with Crippen molar-refractivity contribution < 1.29 is 8.78 Å². The summed E-state index contributed by atoms with van der Waals surface area (Å²) in [6, 6.07) is 4.05. The minimum Gasteiger partial charge on any atom is -0.207 e. The molecule has 0 unspecified atom stereocenters. The summed E-state index contributed by atoms with van der Waals surface area (Å²) < 4.78 is 26.9. The normalized spacial score (nSPS) is 30.4. The van der Waals surface area contributed by atoms with E-state index >= 15 is 0 Å². The minimum absolute atomic E-state index is 0.354. The van der Waals surface area contributed by atoms with Gasteiger partial charge in [-0.3, -0.25) is 0 Å². The summed E-state index contributed by atoms with van der Waals surface area (Å²) in [6.07, 6.45) is 16.0. The molecule has 0 saturated heterocycles. The first-order valence-electron chi connectivity index (χ1n) is 10.6. The molecular weight excluding hydrogens is 314 g/mol. The number of unbranched alkanes of at least 4 members (excludes halogenated alkanes) is 2. The van der Waals surface area contributed by atoms with E-state index in [9.17, 15) is 8.78 Å². The van der Waals surface area contributed by atoms with Crippen LogP contribution in [0.3, 0.4) is 0 Å². The van der Waals surface area contributed by atoms with Crippen molar-refractivity contribution in [3.63, 3.8) is 0 Å². The molecular formula is C23H34F2. The molecule has 3 rings (SSSR count). The van der Waals surface area contributed by atoms with E-state index in [1.807, 2.05) is 0 Å². The zero-order valence-corrected chi connectivity index (χ0v) is 15.8. The van der Waals surface area contributed by atoms with Gasteiger partial charge in [-0.1, -0.05) is 45.4 Å². The van der Waals surface area contributed by atoms with Crippen LogP contribution in [0.15, 0.2) is 18.2 Å². The molecule has 0 radical (unpaired) electrons. The maximum Gasteiger partial charge on any atom is 0.126 e. The number of hydrogen-bond donors (Lipinski definition) is 0. The van der Waals surface area contributed by atoms with E-state index in [1.165, 1.54) is 76.3 Å². The number of rotatable bonds is 6. The van der Waals surface area contributed by atoms with Crippen LogP contribution in [0.4, 0.5) is 8.78 Å². The lowest BCUT2D eigenvalue weighted by Gasteiger charge is -2.38. The van der Waals surface area contributed by atoms with E-state index in [1.54, 1.807) is 0 Å². The Morgan fingerprint density at radius 1 is 0.760 bits per heavy atom. The van der Waals surface area contributed by atoms with Crippen molar-refractivity contribution in [1.82, 2.24) is 0 Å². The number of benzene rings is 1. The zero-order valence-electron chi connectivity index (χ0n) is 15.8. The average Bonchev–Trinajstić information content (AvgIpc) is 2.62. The maximum absolute atomic E-state index is 13.5. The van der Waals surface area contributed by atoms with Gasteiger partial charge in [0.2, 0.25) is 0 Å². The van der Waals surface area contributed by atoms with E-state index in [-0.39, 0.29) is 0 Å². The Labute approximate surface area is 152 Å². The van der Waals surface area contributed by atoms with Crippen molar-refractivity contribution in [3.05, 3.63) is 35.4 Å². The molecule has 140 valence electrons. The molecule has 0 atom stereocenters. The van der Waals surface area contributed by atoms with Crippen LogP contribution >= 0.6 is 0 Å². The quantitative estimate of drug-likeness (QED) is 0.464.